The zero-order valence-electron chi connectivity index (χ0n) is 11.2. The monoisotopic (exact) mass is 392 g/mol. The lowest BCUT2D eigenvalue weighted by molar-refractivity contribution is -0.385. The number of methoxy groups -OCH3 is 1. The van der Waals surface area contributed by atoms with E-state index in [2.05, 4.69) is 27.9 Å². The summed E-state index contributed by atoms with van der Waals surface area (Å²) in [5.41, 5.74) is 0.215. The van der Waals surface area contributed by atoms with Crippen LogP contribution in [0.2, 0.25) is 0 Å². The van der Waals surface area contributed by atoms with Gasteiger partial charge >= 0.3 is 5.69 Å². The van der Waals surface area contributed by atoms with Crippen LogP contribution in [0.3, 0.4) is 0 Å². The lowest BCUT2D eigenvalue weighted by atomic mass is 10.1. The number of ether oxygens (including phenoxy) is 1. The van der Waals surface area contributed by atoms with Crippen molar-refractivity contribution in [2.45, 2.75) is 19.3 Å². The van der Waals surface area contributed by atoms with E-state index in [1.807, 2.05) is 0 Å². The number of hydrogen-bond donors (Lipinski definition) is 1. The van der Waals surface area contributed by atoms with Crippen LogP contribution in [0.25, 0.3) is 0 Å². The molecule has 1 N–H and O–H groups in total. The maximum absolute atomic E-state index is 11.9. The summed E-state index contributed by atoms with van der Waals surface area (Å²) in [6, 6.07) is 4.10. The van der Waals surface area contributed by atoms with Crippen molar-refractivity contribution < 1.29 is 14.5 Å². The van der Waals surface area contributed by atoms with Gasteiger partial charge in [-0.15, -0.1) is 0 Å². The van der Waals surface area contributed by atoms with Crippen LogP contribution in [0, 0.1) is 10.1 Å². The zero-order valence-corrected chi connectivity index (χ0v) is 13.4. The van der Waals surface area contributed by atoms with Crippen LogP contribution < -0.4 is 10.1 Å². The van der Waals surface area contributed by atoms with Gasteiger partial charge in [-0.3, -0.25) is 14.9 Å². The molecule has 0 saturated carbocycles. The predicted octanol–water partition coefficient (Wildman–Crippen LogP) is 2.94. The van der Waals surface area contributed by atoms with Crippen molar-refractivity contribution in [3.8, 4) is 5.75 Å². The quantitative estimate of drug-likeness (QED) is 0.243. The summed E-state index contributed by atoms with van der Waals surface area (Å²) >= 11 is 2.32. The fraction of sp³-hybridized carbons (Fsp3) is 0.462. The zero-order chi connectivity index (χ0) is 15.0. The molecule has 0 aliphatic heterocycles. The van der Waals surface area contributed by atoms with Gasteiger partial charge in [0.15, 0.2) is 5.75 Å². The van der Waals surface area contributed by atoms with E-state index in [1.165, 1.54) is 25.3 Å². The summed E-state index contributed by atoms with van der Waals surface area (Å²) in [5.74, 6) is -0.153. The van der Waals surface area contributed by atoms with E-state index in [-0.39, 0.29) is 17.3 Å². The highest BCUT2D eigenvalue weighted by Gasteiger charge is 2.17. The number of nitrogens with one attached hydrogen (secondary N) is 1. The Hall–Kier alpha value is -1.38. The van der Waals surface area contributed by atoms with E-state index in [1.54, 1.807) is 0 Å². The van der Waals surface area contributed by atoms with Crippen LogP contribution in [0.5, 0.6) is 5.75 Å². The standard InChI is InChI=1S/C13H17IN2O4/c1-20-12-9-10(5-6-11(12)16(18)19)13(17)15-8-4-2-3-7-14/h5-6,9H,2-4,7-8H2,1H3,(H,15,17). The predicted molar refractivity (Wildman–Crippen MR) is 84.7 cm³/mol. The summed E-state index contributed by atoms with van der Waals surface area (Å²) < 4.78 is 6.05. The second-order valence-electron chi connectivity index (χ2n) is 4.15. The van der Waals surface area contributed by atoms with Crippen molar-refractivity contribution in [2.75, 3.05) is 18.1 Å². The van der Waals surface area contributed by atoms with Crippen molar-refractivity contribution >= 4 is 34.2 Å². The number of carbonyl (C=O) groups excluding carboxylic acids is 1. The third-order valence-corrected chi connectivity index (χ3v) is 3.50. The molecule has 20 heavy (non-hydrogen) atoms. The van der Waals surface area contributed by atoms with Gasteiger partial charge in [0, 0.05) is 24.2 Å². The lowest BCUT2D eigenvalue weighted by Gasteiger charge is -2.07. The number of halogens is 1. The Balaban J connectivity index is 2.62. The van der Waals surface area contributed by atoms with Crippen molar-refractivity contribution in [3.63, 3.8) is 0 Å². The Labute approximate surface area is 131 Å². The highest BCUT2D eigenvalue weighted by Crippen LogP contribution is 2.27. The van der Waals surface area contributed by atoms with Crippen LogP contribution in [-0.4, -0.2) is 28.9 Å². The smallest absolute Gasteiger partial charge is 0.310 e. The second kappa shape index (κ2) is 8.72. The molecule has 0 aromatic heterocycles. The second-order valence-corrected chi connectivity index (χ2v) is 5.23. The average Bonchev–Trinajstić information content (AvgIpc) is 2.45. The number of alkyl halides is 1. The van der Waals surface area contributed by atoms with Gasteiger partial charge in [-0.05, 0) is 23.3 Å². The third kappa shape index (κ3) is 4.95. The Morgan fingerprint density at radius 2 is 2.15 bits per heavy atom. The Morgan fingerprint density at radius 3 is 2.75 bits per heavy atom. The molecular formula is C13H17IN2O4. The van der Waals surface area contributed by atoms with Crippen LogP contribution in [0.4, 0.5) is 5.69 Å². The molecule has 7 heteroatoms. The van der Waals surface area contributed by atoms with Crippen LogP contribution in [-0.2, 0) is 0 Å². The summed E-state index contributed by atoms with van der Waals surface area (Å²) in [5, 5.41) is 13.5. The van der Waals surface area contributed by atoms with Gasteiger partial charge in [0.1, 0.15) is 0 Å². The number of nitrogens with zero attached hydrogens (tertiary/aromatic N) is 1. The Bertz CT molecular complexity index is 479. The molecule has 1 aromatic carbocycles. The number of nitro groups is 1. The number of nitro benzene ring substituents is 1. The normalized spacial score (nSPS) is 10.1. The molecule has 0 radical (unpaired) electrons. The molecule has 1 amide bonds. The van der Waals surface area contributed by atoms with Crippen molar-refractivity contribution in [2.24, 2.45) is 0 Å². The number of carbonyl (C=O) groups is 1. The molecule has 0 bridgehead atoms. The van der Waals surface area contributed by atoms with Gasteiger partial charge in [0.2, 0.25) is 0 Å². The summed E-state index contributed by atoms with van der Waals surface area (Å²) in [4.78, 5) is 22.1. The Morgan fingerprint density at radius 1 is 1.40 bits per heavy atom. The van der Waals surface area contributed by atoms with E-state index < -0.39 is 4.92 Å². The molecule has 0 aliphatic rings. The van der Waals surface area contributed by atoms with Gasteiger partial charge in [-0.25, -0.2) is 0 Å². The van der Waals surface area contributed by atoms with Gasteiger partial charge in [-0.2, -0.15) is 0 Å². The minimum Gasteiger partial charge on any atom is -0.490 e. The molecule has 0 unspecified atom stereocenters. The van der Waals surface area contributed by atoms with E-state index in [4.69, 9.17) is 4.74 Å². The highest BCUT2D eigenvalue weighted by atomic mass is 127. The molecule has 6 nitrogen and oxygen atoms in total. The van der Waals surface area contributed by atoms with E-state index in [0.29, 0.717) is 12.1 Å². The fourth-order valence-electron chi connectivity index (χ4n) is 1.67. The first-order valence-corrected chi connectivity index (χ1v) is 7.79. The van der Waals surface area contributed by atoms with Gasteiger partial charge < -0.3 is 10.1 Å². The SMILES string of the molecule is COc1cc(C(=O)NCCCCCI)ccc1[N+](=O)[O-]. The van der Waals surface area contributed by atoms with Crippen LogP contribution >= 0.6 is 22.6 Å². The maximum atomic E-state index is 11.9. The number of rotatable bonds is 8. The maximum Gasteiger partial charge on any atom is 0.310 e. The molecule has 0 saturated heterocycles. The summed E-state index contributed by atoms with van der Waals surface area (Å²) in [6.07, 6.45) is 3.15. The number of hydrogen-bond acceptors (Lipinski definition) is 4. The van der Waals surface area contributed by atoms with E-state index in [0.717, 1.165) is 23.7 Å². The number of unbranched alkanes of at least 4 members (excludes halogenated alkanes) is 2. The molecule has 0 spiro atoms. The van der Waals surface area contributed by atoms with E-state index >= 15 is 0 Å². The summed E-state index contributed by atoms with van der Waals surface area (Å²) in [7, 11) is 1.34. The minimum atomic E-state index is -0.537. The molecule has 0 aliphatic carbocycles. The van der Waals surface area contributed by atoms with Gasteiger partial charge in [-0.1, -0.05) is 29.0 Å². The van der Waals surface area contributed by atoms with Gasteiger partial charge in [0.25, 0.3) is 5.91 Å². The fourth-order valence-corrected chi connectivity index (χ4v) is 2.21. The number of benzene rings is 1. The Kier molecular flexibility index (Phi) is 7.27. The van der Waals surface area contributed by atoms with Crippen LogP contribution in [0.15, 0.2) is 18.2 Å². The topological polar surface area (TPSA) is 81.5 Å². The molecule has 0 fully saturated rings. The van der Waals surface area contributed by atoms with Gasteiger partial charge in [0.05, 0.1) is 12.0 Å². The van der Waals surface area contributed by atoms with Crippen molar-refractivity contribution in [3.05, 3.63) is 33.9 Å². The first-order valence-electron chi connectivity index (χ1n) is 6.26. The molecule has 110 valence electrons. The molecular weight excluding hydrogens is 375 g/mol. The highest BCUT2D eigenvalue weighted by molar-refractivity contribution is 14.1. The van der Waals surface area contributed by atoms with E-state index in [9.17, 15) is 14.9 Å². The minimum absolute atomic E-state index is 0.0903. The average molecular weight is 392 g/mol. The molecule has 0 heterocycles. The third-order valence-electron chi connectivity index (χ3n) is 2.73. The molecule has 1 rings (SSSR count). The largest absolute Gasteiger partial charge is 0.490 e. The lowest BCUT2D eigenvalue weighted by Crippen LogP contribution is -2.24. The first-order chi connectivity index (χ1) is 9.60. The van der Waals surface area contributed by atoms with Crippen molar-refractivity contribution in [1.29, 1.82) is 0 Å². The first kappa shape index (κ1) is 16.7. The summed E-state index contributed by atoms with van der Waals surface area (Å²) in [6.45, 7) is 0.606. The molecule has 1 aromatic rings. The van der Waals surface area contributed by atoms with Crippen LogP contribution in [0.1, 0.15) is 29.6 Å². The number of amides is 1. The van der Waals surface area contributed by atoms with Crippen molar-refractivity contribution in [1.82, 2.24) is 5.32 Å². The molecule has 0 atom stereocenters.